The van der Waals surface area contributed by atoms with Gasteiger partial charge in [-0.2, -0.15) is 0 Å². The van der Waals surface area contributed by atoms with Gasteiger partial charge in [0.05, 0.1) is 6.54 Å². The molecule has 1 aliphatic rings. The van der Waals surface area contributed by atoms with Crippen molar-refractivity contribution in [3.05, 3.63) is 35.6 Å². The number of rotatable bonds is 3. The minimum atomic E-state index is -0.558. The lowest BCUT2D eigenvalue weighted by Crippen LogP contribution is -2.57. The molecular weight excluding hydrogens is 277 g/mol. The molecule has 0 spiro atoms. The van der Waals surface area contributed by atoms with Gasteiger partial charge < -0.3 is 15.5 Å². The first-order valence-electron chi connectivity index (χ1n) is 6.60. The van der Waals surface area contributed by atoms with Gasteiger partial charge in [0.15, 0.2) is 0 Å². The molecule has 2 rings (SSSR count). The van der Waals surface area contributed by atoms with E-state index in [-0.39, 0.29) is 23.9 Å². The molecule has 1 unspecified atom stereocenters. The van der Waals surface area contributed by atoms with Gasteiger partial charge >= 0.3 is 0 Å². The van der Waals surface area contributed by atoms with E-state index in [1.807, 2.05) is 0 Å². The van der Waals surface area contributed by atoms with Gasteiger partial charge in [-0.3, -0.25) is 14.4 Å². The van der Waals surface area contributed by atoms with E-state index in [1.165, 1.54) is 23.1 Å². The Hall–Kier alpha value is -2.44. The summed E-state index contributed by atoms with van der Waals surface area (Å²) in [7, 11) is 0. The quantitative estimate of drug-likeness (QED) is 0.817. The maximum Gasteiger partial charge on any atom is 0.251 e. The Balaban J connectivity index is 1.92. The first kappa shape index (κ1) is 15.0. The highest BCUT2D eigenvalue weighted by Gasteiger charge is 2.29. The Morgan fingerprint density at radius 3 is 2.95 bits per heavy atom. The van der Waals surface area contributed by atoms with Crippen molar-refractivity contribution in [1.82, 2.24) is 15.5 Å². The molecule has 3 amide bonds. The summed E-state index contributed by atoms with van der Waals surface area (Å²) in [6.45, 7) is 2.20. The number of nitrogens with one attached hydrogen (secondary N) is 2. The Morgan fingerprint density at radius 1 is 1.48 bits per heavy atom. The van der Waals surface area contributed by atoms with E-state index in [2.05, 4.69) is 10.6 Å². The van der Waals surface area contributed by atoms with E-state index in [1.54, 1.807) is 6.92 Å². The molecule has 1 heterocycles. The zero-order chi connectivity index (χ0) is 15.4. The summed E-state index contributed by atoms with van der Waals surface area (Å²) in [4.78, 5) is 36.7. The number of hydrogen-bond acceptors (Lipinski definition) is 3. The summed E-state index contributed by atoms with van der Waals surface area (Å²) >= 11 is 0. The predicted molar refractivity (Wildman–Crippen MR) is 72.9 cm³/mol. The highest BCUT2D eigenvalue weighted by atomic mass is 19.1. The lowest BCUT2D eigenvalue weighted by atomic mass is 10.2. The van der Waals surface area contributed by atoms with E-state index >= 15 is 0 Å². The average molecular weight is 293 g/mol. The predicted octanol–water partition coefficient (Wildman–Crippen LogP) is -0.0976. The van der Waals surface area contributed by atoms with E-state index < -0.39 is 17.8 Å². The maximum atomic E-state index is 13.0. The Kier molecular flexibility index (Phi) is 4.52. The van der Waals surface area contributed by atoms with Gasteiger partial charge in [0.25, 0.3) is 5.91 Å². The second kappa shape index (κ2) is 6.34. The molecule has 2 N–H and O–H groups in total. The number of piperazine rings is 1. The number of amides is 3. The molecule has 7 heteroatoms. The largest absolute Gasteiger partial charge is 0.353 e. The molecule has 0 saturated carbocycles. The monoisotopic (exact) mass is 293 g/mol. The summed E-state index contributed by atoms with van der Waals surface area (Å²) in [5, 5.41) is 5.08. The molecule has 0 bridgehead atoms. The molecule has 1 aliphatic heterocycles. The number of hydrogen-bond donors (Lipinski definition) is 2. The van der Waals surface area contributed by atoms with Crippen molar-refractivity contribution in [1.29, 1.82) is 0 Å². The molecule has 0 radical (unpaired) electrons. The number of nitrogens with zero attached hydrogens (tertiary/aromatic N) is 1. The minimum Gasteiger partial charge on any atom is -0.353 e. The molecule has 1 aromatic carbocycles. The third-order valence-electron chi connectivity index (χ3n) is 3.31. The molecule has 21 heavy (non-hydrogen) atoms. The van der Waals surface area contributed by atoms with Crippen molar-refractivity contribution in [2.24, 2.45) is 0 Å². The molecule has 1 aromatic rings. The van der Waals surface area contributed by atoms with Crippen molar-refractivity contribution in [2.45, 2.75) is 13.0 Å². The smallest absolute Gasteiger partial charge is 0.251 e. The first-order chi connectivity index (χ1) is 9.99. The fourth-order valence-corrected chi connectivity index (χ4v) is 2.11. The fourth-order valence-electron chi connectivity index (χ4n) is 2.11. The highest BCUT2D eigenvalue weighted by Crippen LogP contribution is 2.05. The molecule has 112 valence electrons. The van der Waals surface area contributed by atoms with Crippen LogP contribution >= 0.6 is 0 Å². The van der Waals surface area contributed by atoms with Crippen LogP contribution in [0.5, 0.6) is 0 Å². The van der Waals surface area contributed by atoms with Crippen LogP contribution in [-0.2, 0) is 9.59 Å². The van der Waals surface area contributed by atoms with Crippen molar-refractivity contribution >= 4 is 17.7 Å². The molecule has 0 aromatic heterocycles. The summed E-state index contributed by atoms with van der Waals surface area (Å²) in [6.07, 6.45) is 0. The zero-order valence-corrected chi connectivity index (χ0v) is 11.6. The Morgan fingerprint density at radius 2 is 2.24 bits per heavy atom. The minimum absolute atomic E-state index is 0.146. The maximum absolute atomic E-state index is 13.0. The van der Waals surface area contributed by atoms with Crippen LogP contribution in [0.2, 0.25) is 0 Å². The topological polar surface area (TPSA) is 78.5 Å². The molecule has 0 aliphatic carbocycles. The summed E-state index contributed by atoms with van der Waals surface area (Å²) < 4.78 is 13.0. The summed E-state index contributed by atoms with van der Waals surface area (Å²) in [5.74, 6) is -1.61. The van der Waals surface area contributed by atoms with E-state index in [4.69, 9.17) is 0 Å². The third kappa shape index (κ3) is 3.56. The first-order valence-corrected chi connectivity index (χ1v) is 6.60. The van der Waals surface area contributed by atoms with E-state index in [0.717, 1.165) is 6.07 Å². The van der Waals surface area contributed by atoms with Crippen LogP contribution in [0, 0.1) is 5.82 Å². The summed E-state index contributed by atoms with van der Waals surface area (Å²) in [5.41, 5.74) is 0.146. The Bertz CT molecular complexity index is 576. The van der Waals surface area contributed by atoms with Gasteiger partial charge in [-0.25, -0.2) is 4.39 Å². The van der Waals surface area contributed by atoms with Crippen LogP contribution in [0.25, 0.3) is 0 Å². The van der Waals surface area contributed by atoms with Gasteiger partial charge in [-0.1, -0.05) is 6.07 Å². The Labute approximate surface area is 121 Å². The number of carbonyl (C=O) groups excluding carboxylic acids is 3. The van der Waals surface area contributed by atoms with Crippen molar-refractivity contribution in [3.8, 4) is 0 Å². The van der Waals surface area contributed by atoms with Gasteiger partial charge in [0.1, 0.15) is 11.9 Å². The van der Waals surface area contributed by atoms with E-state index in [9.17, 15) is 18.8 Å². The molecule has 6 nitrogen and oxygen atoms in total. The molecule has 1 atom stereocenters. The molecule has 1 saturated heterocycles. The average Bonchev–Trinajstić information content (AvgIpc) is 2.47. The second-order valence-electron chi connectivity index (χ2n) is 4.75. The zero-order valence-electron chi connectivity index (χ0n) is 11.6. The SMILES string of the molecule is CC1C(=O)NCCN1C(=O)CNC(=O)c1cccc(F)c1. The summed E-state index contributed by atoms with van der Waals surface area (Å²) in [6, 6.07) is 4.65. The number of halogens is 1. The van der Waals surface area contributed by atoms with Gasteiger partial charge in [-0.15, -0.1) is 0 Å². The van der Waals surface area contributed by atoms with Crippen LogP contribution in [0.15, 0.2) is 24.3 Å². The lowest BCUT2D eigenvalue weighted by molar-refractivity contribution is -0.141. The molecular formula is C14H16FN3O3. The van der Waals surface area contributed by atoms with Crippen LogP contribution in [0.1, 0.15) is 17.3 Å². The van der Waals surface area contributed by atoms with Crippen molar-refractivity contribution < 1.29 is 18.8 Å². The van der Waals surface area contributed by atoms with Crippen LogP contribution < -0.4 is 10.6 Å². The van der Waals surface area contributed by atoms with E-state index in [0.29, 0.717) is 13.1 Å². The fraction of sp³-hybridized carbons (Fsp3) is 0.357. The van der Waals surface area contributed by atoms with Gasteiger partial charge in [-0.05, 0) is 25.1 Å². The van der Waals surface area contributed by atoms with Gasteiger partial charge in [0, 0.05) is 18.7 Å². The normalized spacial score (nSPS) is 18.1. The second-order valence-corrected chi connectivity index (χ2v) is 4.75. The third-order valence-corrected chi connectivity index (χ3v) is 3.31. The highest BCUT2D eigenvalue weighted by molar-refractivity contribution is 5.97. The molecule has 1 fully saturated rings. The van der Waals surface area contributed by atoms with Gasteiger partial charge in [0.2, 0.25) is 11.8 Å². The van der Waals surface area contributed by atoms with Crippen LogP contribution in [-0.4, -0.2) is 48.3 Å². The number of benzene rings is 1. The van der Waals surface area contributed by atoms with Crippen molar-refractivity contribution in [3.63, 3.8) is 0 Å². The van der Waals surface area contributed by atoms with Crippen LogP contribution in [0.3, 0.4) is 0 Å². The van der Waals surface area contributed by atoms with Crippen molar-refractivity contribution in [2.75, 3.05) is 19.6 Å². The van der Waals surface area contributed by atoms with Crippen LogP contribution in [0.4, 0.5) is 4.39 Å². The lowest BCUT2D eigenvalue weighted by Gasteiger charge is -2.32. The number of carbonyl (C=O) groups is 3. The standard InChI is InChI=1S/C14H16FN3O3/c1-9-13(20)16-5-6-18(9)12(19)8-17-14(21)10-3-2-4-11(15)7-10/h2-4,7,9H,5-6,8H2,1H3,(H,16,20)(H,17,21).